The van der Waals surface area contributed by atoms with Gasteiger partial charge in [-0.25, -0.2) is 4.99 Å². The third kappa shape index (κ3) is 5.32. The number of ether oxygens (including phenoxy) is 2. The number of hydrogen-bond acceptors (Lipinski definition) is 5. The third-order valence-electron chi connectivity index (χ3n) is 7.85. The Bertz CT molecular complexity index is 2040. The average molecular weight is 714 g/mol. The molecule has 1 aliphatic carbocycles. The van der Waals surface area contributed by atoms with Gasteiger partial charge in [-0.15, -0.1) is 0 Å². The predicted molar refractivity (Wildman–Crippen MR) is 178 cm³/mol. The summed E-state index contributed by atoms with van der Waals surface area (Å²) >= 11 is 8.78. The first-order valence-corrected chi connectivity index (χ1v) is 16.3. The van der Waals surface area contributed by atoms with Gasteiger partial charge in [-0.1, -0.05) is 78.1 Å². The number of halogens is 2. The van der Waals surface area contributed by atoms with Crippen molar-refractivity contribution in [3.05, 3.63) is 153 Å². The minimum atomic E-state index is -0.236. The van der Waals surface area contributed by atoms with E-state index in [1.165, 1.54) is 22.5 Å². The van der Waals surface area contributed by atoms with Crippen molar-refractivity contribution in [3.63, 3.8) is 0 Å². The first-order chi connectivity index (χ1) is 21.0. The van der Waals surface area contributed by atoms with Crippen molar-refractivity contribution in [3.8, 4) is 11.5 Å². The Hall–Kier alpha value is -3.72. The zero-order valence-corrected chi connectivity index (χ0v) is 27.2. The number of nitrogens with zero attached hydrogens (tertiary/aromatic N) is 2. The number of allylic oxidation sites excluding steroid dienone is 1. The van der Waals surface area contributed by atoms with Crippen molar-refractivity contribution < 1.29 is 9.47 Å². The summed E-state index contributed by atoms with van der Waals surface area (Å²) in [6.45, 7) is 0.454. The van der Waals surface area contributed by atoms with Crippen LogP contribution < -0.4 is 24.4 Å². The Labute approximate surface area is 269 Å². The molecule has 7 rings (SSSR count). The molecular formula is C35H26Br2N2O3S. The number of aromatic nitrogens is 1. The molecule has 214 valence electrons. The van der Waals surface area contributed by atoms with E-state index in [9.17, 15) is 4.79 Å². The second-order valence-corrected chi connectivity index (χ2v) is 13.2. The number of hydrogen-bond donors (Lipinski definition) is 0. The molecule has 0 unspecified atom stereocenters. The van der Waals surface area contributed by atoms with E-state index in [1.54, 1.807) is 7.11 Å². The van der Waals surface area contributed by atoms with Crippen LogP contribution in [0.3, 0.4) is 0 Å². The third-order valence-corrected chi connectivity index (χ3v) is 10.0. The molecule has 4 aromatic carbocycles. The molecule has 1 atom stereocenters. The van der Waals surface area contributed by atoms with E-state index in [4.69, 9.17) is 14.5 Å². The highest BCUT2D eigenvalue weighted by molar-refractivity contribution is 9.11. The van der Waals surface area contributed by atoms with Gasteiger partial charge in [0.1, 0.15) is 18.1 Å². The topological polar surface area (TPSA) is 52.8 Å². The zero-order chi connectivity index (χ0) is 29.5. The van der Waals surface area contributed by atoms with Crippen molar-refractivity contribution in [1.29, 1.82) is 0 Å². The quantitative estimate of drug-likeness (QED) is 0.184. The van der Waals surface area contributed by atoms with Crippen LogP contribution in [-0.2, 0) is 13.0 Å². The van der Waals surface area contributed by atoms with Gasteiger partial charge < -0.3 is 9.47 Å². The second-order valence-electron chi connectivity index (χ2n) is 10.5. The zero-order valence-electron chi connectivity index (χ0n) is 23.2. The van der Waals surface area contributed by atoms with Gasteiger partial charge in [0.25, 0.3) is 5.56 Å². The van der Waals surface area contributed by atoms with Crippen LogP contribution in [0.15, 0.2) is 115 Å². The Morgan fingerprint density at radius 3 is 2.42 bits per heavy atom. The SMILES string of the molecule is COc1ccc([C@@H]2C3=C(N=c4s/c(=C/c5cc(Br)c(OCc6ccccc6)c(Br)c5)c(=O)n42)c2ccccc2CC3)cc1. The van der Waals surface area contributed by atoms with E-state index < -0.39 is 0 Å². The van der Waals surface area contributed by atoms with Crippen LogP contribution in [0.5, 0.6) is 11.5 Å². The summed E-state index contributed by atoms with van der Waals surface area (Å²) in [4.78, 5) is 20.0. The summed E-state index contributed by atoms with van der Waals surface area (Å²) in [5, 5.41) is 0. The normalized spacial score (nSPS) is 15.8. The molecule has 5 nitrogen and oxygen atoms in total. The fourth-order valence-corrected chi connectivity index (χ4v) is 8.24. The van der Waals surface area contributed by atoms with Gasteiger partial charge in [0.05, 0.1) is 32.3 Å². The first-order valence-electron chi connectivity index (χ1n) is 13.9. The molecule has 2 aliphatic rings. The Balaban J connectivity index is 1.32. The van der Waals surface area contributed by atoms with Gasteiger partial charge in [-0.3, -0.25) is 9.36 Å². The molecule has 0 bridgehead atoms. The van der Waals surface area contributed by atoms with E-state index in [-0.39, 0.29) is 11.6 Å². The predicted octanol–water partition coefficient (Wildman–Crippen LogP) is 7.43. The summed E-state index contributed by atoms with van der Waals surface area (Å²) in [6.07, 6.45) is 3.70. The molecule has 0 N–H and O–H groups in total. The van der Waals surface area contributed by atoms with Gasteiger partial charge in [0.2, 0.25) is 0 Å². The van der Waals surface area contributed by atoms with Crippen LogP contribution >= 0.6 is 43.2 Å². The molecule has 2 heterocycles. The van der Waals surface area contributed by atoms with Crippen LogP contribution in [0.25, 0.3) is 11.8 Å². The van der Waals surface area contributed by atoms with Crippen molar-refractivity contribution >= 4 is 55.0 Å². The van der Waals surface area contributed by atoms with Gasteiger partial charge >= 0.3 is 0 Å². The summed E-state index contributed by atoms with van der Waals surface area (Å²) in [5.41, 5.74) is 7.57. The lowest BCUT2D eigenvalue weighted by Gasteiger charge is -2.30. The molecule has 0 saturated carbocycles. The van der Waals surface area contributed by atoms with Crippen molar-refractivity contribution in [2.45, 2.75) is 25.5 Å². The molecule has 0 saturated heterocycles. The summed E-state index contributed by atoms with van der Waals surface area (Å²) in [7, 11) is 1.66. The summed E-state index contributed by atoms with van der Waals surface area (Å²) < 4.78 is 15.6. The lowest BCUT2D eigenvalue weighted by Crippen LogP contribution is -2.38. The maximum absolute atomic E-state index is 14.1. The number of methoxy groups -OCH3 is 1. The molecule has 43 heavy (non-hydrogen) atoms. The number of rotatable bonds is 6. The molecule has 8 heteroatoms. The highest BCUT2D eigenvalue weighted by Crippen LogP contribution is 2.41. The van der Waals surface area contributed by atoms with Crippen molar-refractivity contribution in [2.75, 3.05) is 7.11 Å². The smallest absolute Gasteiger partial charge is 0.271 e. The molecule has 0 fully saturated rings. The Morgan fingerprint density at radius 1 is 0.953 bits per heavy atom. The molecule has 1 aromatic heterocycles. The molecular weight excluding hydrogens is 688 g/mol. The monoisotopic (exact) mass is 712 g/mol. The van der Waals surface area contributed by atoms with E-state index in [2.05, 4.69) is 68.3 Å². The van der Waals surface area contributed by atoms with Crippen LogP contribution in [0.2, 0.25) is 0 Å². The highest BCUT2D eigenvalue weighted by Gasteiger charge is 2.32. The van der Waals surface area contributed by atoms with E-state index in [0.717, 1.165) is 55.5 Å². The number of fused-ring (bicyclic) bond motifs is 3. The van der Waals surface area contributed by atoms with E-state index in [0.29, 0.717) is 21.7 Å². The minimum Gasteiger partial charge on any atom is -0.497 e. The van der Waals surface area contributed by atoms with E-state index in [1.807, 2.05) is 65.2 Å². The number of thiazole rings is 1. The summed E-state index contributed by atoms with van der Waals surface area (Å²) in [6, 6.07) is 30.2. The molecule has 5 aromatic rings. The maximum atomic E-state index is 14.1. The van der Waals surface area contributed by atoms with Gasteiger partial charge in [-0.2, -0.15) is 0 Å². The lowest BCUT2D eigenvalue weighted by molar-refractivity contribution is 0.302. The van der Waals surface area contributed by atoms with Crippen LogP contribution in [0.1, 0.15) is 40.3 Å². The average Bonchev–Trinajstić information content (AvgIpc) is 3.34. The standard InChI is InChI=1S/C35H26Br2N2O3S/c1-41-25-14-11-24(12-15-25)32-27-16-13-23-9-5-6-10-26(23)31(27)38-35-39(32)34(40)30(43-35)19-22-17-28(36)33(29(37)18-22)42-20-21-7-3-2-4-8-21/h2-12,14-15,17-19,32H,13,16,20H2,1H3/b30-19+/t32-/m1/s1. The highest BCUT2D eigenvalue weighted by atomic mass is 79.9. The molecule has 0 amide bonds. The van der Waals surface area contributed by atoms with Crippen molar-refractivity contribution in [1.82, 2.24) is 4.57 Å². The fourth-order valence-electron chi connectivity index (χ4n) is 5.79. The van der Waals surface area contributed by atoms with Gasteiger partial charge in [-0.05, 0) is 103 Å². The Morgan fingerprint density at radius 2 is 1.67 bits per heavy atom. The van der Waals surface area contributed by atoms with Crippen molar-refractivity contribution in [2.24, 2.45) is 4.99 Å². The first kappa shape index (κ1) is 28.1. The van der Waals surface area contributed by atoms with E-state index >= 15 is 0 Å². The van der Waals surface area contributed by atoms with Crippen LogP contribution in [0.4, 0.5) is 0 Å². The van der Waals surface area contributed by atoms with Gasteiger partial charge in [0.15, 0.2) is 4.80 Å². The number of benzene rings is 4. The minimum absolute atomic E-state index is 0.0494. The fraction of sp³-hybridized carbons (Fsp3) is 0.143. The second kappa shape index (κ2) is 11.8. The largest absolute Gasteiger partial charge is 0.497 e. The number of aryl methyl sites for hydroxylation is 1. The Kier molecular flexibility index (Phi) is 7.67. The molecule has 0 radical (unpaired) electrons. The lowest BCUT2D eigenvalue weighted by atomic mass is 9.83. The van der Waals surface area contributed by atoms with Gasteiger partial charge in [0, 0.05) is 5.56 Å². The molecule has 1 aliphatic heterocycles. The maximum Gasteiger partial charge on any atom is 0.271 e. The van der Waals surface area contributed by atoms with Crippen LogP contribution in [0, 0.1) is 0 Å². The summed E-state index contributed by atoms with van der Waals surface area (Å²) in [5.74, 6) is 1.50. The molecule has 0 spiro atoms. The van der Waals surface area contributed by atoms with Crippen LogP contribution in [-0.4, -0.2) is 11.7 Å².